The van der Waals surface area contributed by atoms with Gasteiger partial charge < -0.3 is 19.8 Å². The second kappa shape index (κ2) is 13.3. The molecule has 1 fully saturated rings. The Balaban J connectivity index is 1.35. The number of hydrogen-bond acceptors (Lipinski definition) is 6. The lowest BCUT2D eigenvalue weighted by Crippen LogP contribution is -2.41. The highest BCUT2D eigenvalue weighted by atomic mass is 32.2. The van der Waals surface area contributed by atoms with Gasteiger partial charge in [0.15, 0.2) is 0 Å². The number of rotatable bonds is 12. The van der Waals surface area contributed by atoms with Crippen LogP contribution >= 0.6 is 11.8 Å². The minimum absolute atomic E-state index is 0.199. The maximum Gasteiger partial charge on any atom is 0.303 e. The molecule has 0 spiro atoms. The van der Waals surface area contributed by atoms with E-state index >= 15 is 0 Å². The summed E-state index contributed by atoms with van der Waals surface area (Å²) >= 11 is 1.88. The summed E-state index contributed by atoms with van der Waals surface area (Å²) < 4.78 is 5.38. The minimum Gasteiger partial charge on any atom is -0.497 e. The van der Waals surface area contributed by atoms with Gasteiger partial charge in [-0.05, 0) is 92.9 Å². The van der Waals surface area contributed by atoms with E-state index in [4.69, 9.17) is 4.74 Å². The Morgan fingerprint density at radius 2 is 2.05 bits per heavy atom. The number of thioether (sulfide) groups is 1. The van der Waals surface area contributed by atoms with Crippen molar-refractivity contribution in [3.05, 3.63) is 65.9 Å². The molecule has 0 amide bonds. The number of pyridine rings is 1. The highest BCUT2D eigenvalue weighted by molar-refractivity contribution is 7.99. The van der Waals surface area contributed by atoms with Crippen LogP contribution in [0, 0.1) is 18.8 Å². The van der Waals surface area contributed by atoms with E-state index in [2.05, 4.69) is 41.1 Å². The van der Waals surface area contributed by atoms with Crippen molar-refractivity contribution in [1.29, 1.82) is 0 Å². The second-order valence-corrected chi connectivity index (χ2v) is 11.3. The van der Waals surface area contributed by atoms with Crippen molar-refractivity contribution in [2.24, 2.45) is 11.8 Å². The number of carboxylic acid groups (broad SMARTS) is 1. The standard InChI is InChI=1S/C30H38N2O4S/c1-21-4-3-5-25(18-21)37-17-16-32-15-13-22(23(20-32)7-11-30(34)35)6-10-29(33)26-12-14-31-28-9-8-24(36-2)19-27(26)28/h3-5,8-9,12,14,18-19,22-23,29,33H,6-7,10-11,13,15-17,20H2,1-2H3,(H,34,35)/t22-,23-,29-/m1/s1. The summed E-state index contributed by atoms with van der Waals surface area (Å²) in [4.78, 5) is 19.6. The first-order valence-electron chi connectivity index (χ1n) is 13.2. The lowest BCUT2D eigenvalue weighted by molar-refractivity contribution is -0.137. The van der Waals surface area contributed by atoms with Gasteiger partial charge in [-0.15, -0.1) is 11.8 Å². The Morgan fingerprint density at radius 1 is 1.19 bits per heavy atom. The third-order valence-corrected chi connectivity index (χ3v) is 8.50. The zero-order valence-electron chi connectivity index (χ0n) is 21.8. The van der Waals surface area contributed by atoms with Crippen LogP contribution in [0.25, 0.3) is 10.9 Å². The van der Waals surface area contributed by atoms with Gasteiger partial charge in [0.2, 0.25) is 0 Å². The maximum atomic E-state index is 11.3. The molecule has 3 atom stereocenters. The van der Waals surface area contributed by atoms with E-state index in [-0.39, 0.29) is 6.42 Å². The number of aliphatic carboxylic acids is 1. The third-order valence-electron chi connectivity index (χ3n) is 7.52. The van der Waals surface area contributed by atoms with Crippen LogP contribution in [0.5, 0.6) is 5.75 Å². The van der Waals surface area contributed by atoms with Gasteiger partial charge in [-0.1, -0.05) is 17.7 Å². The van der Waals surface area contributed by atoms with Crippen LogP contribution in [-0.4, -0.2) is 58.6 Å². The van der Waals surface area contributed by atoms with E-state index in [1.54, 1.807) is 13.3 Å². The van der Waals surface area contributed by atoms with Gasteiger partial charge in [-0.2, -0.15) is 0 Å². The van der Waals surface area contributed by atoms with Gasteiger partial charge >= 0.3 is 5.97 Å². The predicted octanol–water partition coefficient (Wildman–Crippen LogP) is 5.96. The van der Waals surface area contributed by atoms with Crippen molar-refractivity contribution in [3.8, 4) is 5.75 Å². The van der Waals surface area contributed by atoms with Crippen LogP contribution in [0.4, 0.5) is 0 Å². The van der Waals surface area contributed by atoms with Crippen molar-refractivity contribution >= 4 is 28.6 Å². The van der Waals surface area contributed by atoms with Crippen LogP contribution in [0.1, 0.15) is 49.3 Å². The molecule has 2 heterocycles. The van der Waals surface area contributed by atoms with Gasteiger partial charge in [-0.25, -0.2) is 0 Å². The molecule has 1 aliphatic heterocycles. The molecular weight excluding hydrogens is 484 g/mol. The summed E-state index contributed by atoms with van der Waals surface area (Å²) in [5.74, 6) is 1.78. The number of carboxylic acids is 1. The normalized spacial score (nSPS) is 19.1. The number of methoxy groups -OCH3 is 1. The van der Waals surface area contributed by atoms with Crippen LogP contribution in [0.2, 0.25) is 0 Å². The zero-order chi connectivity index (χ0) is 26.2. The fourth-order valence-electron chi connectivity index (χ4n) is 5.46. The molecule has 1 aliphatic rings. The fraction of sp³-hybridized carbons (Fsp3) is 0.467. The van der Waals surface area contributed by atoms with Crippen molar-refractivity contribution in [1.82, 2.24) is 9.88 Å². The second-order valence-electron chi connectivity index (χ2n) is 10.1. The van der Waals surface area contributed by atoms with Gasteiger partial charge in [0.1, 0.15) is 5.75 Å². The monoisotopic (exact) mass is 522 g/mol. The quantitative estimate of drug-likeness (QED) is 0.284. The molecule has 7 heteroatoms. The van der Waals surface area contributed by atoms with E-state index < -0.39 is 12.1 Å². The van der Waals surface area contributed by atoms with E-state index in [1.165, 1.54) is 10.5 Å². The molecule has 3 aromatic rings. The number of likely N-dealkylation sites (tertiary alicyclic amines) is 1. The maximum absolute atomic E-state index is 11.3. The number of hydrogen-bond donors (Lipinski definition) is 2. The predicted molar refractivity (Wildman–Crippen MR) is 149 cm³/mol. The molecule has 2 N–H and O–H groups in total. The molecule has 6 nitrogen and oxygen atoms in total. The smallest absolute Gasteiger partial charge is 0.303 e. The van der Waals surface area contributed by atoms with Crippen molar-refractivity contribution < 1.29 is 19.7 Å². The molecular formula is C30H38N2O4S. The Hall–Kier alpha value is -2.61. The Labute approximate surface area is 224 Å². The van der Waals surface area contributed by atoms with Crippen molar-refractivity contribution in [2.45, 2.75) is 50.0 Å². The summed E-state index contributed by atoms with van der Waals surface area (Å²) in [5, 5.41) is 21.4. The molecule has 0 unspecified atom stereocenters. The largest absolute Gasteiger partial charge is 0.497 e. The number of ether oxygens (including phenoxy) is 1. The van der Waals surface area contributed by atoms with Crippen LogP contribution in [-0.2, 0) is 4.79 Å². The number of aryl methyl sites for hydroxylation is 1. The molecule has 37 heavy (non-hydrogen) atoms. The number of nitrogens with zero attached hydrogens (tertiary/aromatic N) is 2. The first-order chi connectivity index (χ1) is 17.9. The van der Waals surface area contributed by atoms with Crippen LogP contribution < -0.4 is 4.74 Å². The first-order valence-corrected chi connectivity index (χ1v) is 14.2. The van der Waals surface area contributed by atoms with Gasteiger partial charge in [-0.3, -0.25) is 9.78 Å². The SMILES string of the molecule is COc1ccc2nccc([C@H](O)CC[C@@H]3CCN(CCSc4cccc(C)c4)C[C@H]3CCC(=O)O)c2c1. The Kier molecular flexibility index (Phi) is 9.83. The van der Waals surface area contributed by atoms with E-state index in [0.29, 0.717) is 24.7 Å². The number of benzene rings is 2. The molecule has 1 saturated heterocycles. The highest BCUT2D eigenvalue weighted by Crippen LogP contribution is 2.35. The number of fused-ring (bicyclic) bond motifs is 1. The van der Waals surface area contributed by atoms with Crippen LogP contribution in [0.15, 0.2) is 59.6 Å². The Bertz CT molecular complexity index is 1190. The minimum atomic E-state index is -0.733. The lowest BCUT2D eigenvalue weighted by Gasteiger charge is -2.39. The van der Waals surface area contributed by atoms with Crippen molar-refractivity contribution in [3.63, 3.8) is 0 Å². The number of aliphatic hydroxyl groups is 1. The zero-order valence-corrected chi connectivity index (χ0v) is 22.6. The molecule has 198 valence electrons. The lowest BCUT2D eigenvalue weighted by atomic mass is 9.79. The topological polar surface area (TPSA) is 82.9 Å². The first kappa shape index (κ1) is 27.4. The molecule has 1 aromatic heterocycles. The van der Waals surface area contributed by atoms with Gasteiger partial charge in [0.25, 0.3) is 0 Å². The molecule has 4 rings (SSSR count). The molecule has 0 bridgehead atoms. The number of aromatic nitrogens is 1. The summed E-state index contributed by atoms with van der Waals surface area (Å²) in [6.45, 7) is 5.07. The highest BCUT2D eigenvalue weighted by Gasteiger charge is 2.30. The van der Waals surface area contributed by atoms with E-state index in [0.717, 1.165) is 60.4 Å². The fourth-order valence-corrected chi connectivity index (χ4v) is 6.49. The summed E-state index contributed by atoms with van der Waals surface area (Å²) in [6, 6.07) is 16.2. The molecule has 0 radical (unpaired) electrons. The number of carbonyl (C=O) groups is 1. The van der Waals surface area contributed by atoms with Crippen molar-refractivity contribution in [2.75, 3.05) is 32.5 Å². The van der Waals surface area contributed by atoms with Crippen LogP contribution in [0.3, 0.4) is 0 Å². The molecule has 2 aromatic carbocycles. The van der Waals surface area contributed by atoms with E-state index in [1.807, 2.05) is 36.0 Å². The van der Waals surface area contributed by atoms with Gasteiger partial charge in [0, 0.05) is 41.7 Å². The number of aliphatic hydroxyl groups excluding tert-OH is 1. The summed E-state index contributed by atoms with van der Waals surface area (Å²) in [5.41, 5.74) is 2.99. The summed E-state index contributed by atoms with van der Waals surface area (Å²) in [6.07, 6.45) is 4.60. The average molecular weight is 523 g/mol. The average Bonchev–Trinajstić information content (AvgIpc) is 2.90. The molecule has 0 aliphatic carbocycles. The third kappa shape index (κ3) is 7.69. The summed E-state index contributed by atoms with van der Waals surface area (Å²) in [7, 11) is 1.64. The Morgan fingerprint density at radius 3 is 2.84 bits per heavy atom. The van der Waals surface area contributed by atoms with Gasteiger partial charge in [0.05, 0.1) is 18.7 Å². The molecule has 0 saturated carbocycles. The number of piperidine rings is 1. The van der Waals surface area contributed by atoms with E-state index in [9.17, 15) is 15.0 Å².